The average Bonchev–Trinajstić information content (AvgIpc) is 3.16. The van der Waals surface area contributed by atoms with Gasteiger partial charge in [-0.3, -0.25) is 9.59 Å². The largest absolute Gasteiger partial charge is 0.486 e. The number of likely N-dealkylation sites (tertiary alicyclic amines) is 1. The summed E-state index contributed by atoms with van der Waals surface area (Å²) < 4.78 is 29.1. The molecule has 1 unspecified atom stereocenters. The Morgan fingerprint density at radius 1 is 1.25 bits per heavy atom. The fourth-order valence-corrected chi connectivity index (χ4v) is 3.35. The number of halogens is 1. The van der Waals surface area contributed by atoms with E-state index in [2.05, 4.69) is 0 Å². The molecule has 1 fully saturated rings. The molecular weight excluding hydrogens is 369 g/mol. The van der Waals surface area contributed by atoms with Crippen LogP contribution in [0.3, 0.4) is 0 Å². The molecule has 0 saturated carbocycles. The molecule has 2 aromatic rings. The van der Waals surface area contributed by atoms with E-state index in [1.165, 1.54) is 36.3 Å². The van der Waals surface area contributed by atoms with Crippen LogP contribution in [0.1, 0.15) is 29.2 Å². The number of hydrogen-bond donors (Lipinski definition) is 1. The first kappa shape index (κ1) is 19.9. The van der Waals surface area contributed by atoms with Crippen LogP contribution in [0.5, 0.6) is 5.75 Å². The maximum Gasteiger partial charge on any atom is 0.313 e. The summed E-state index contributed by atoms with van der Waals surface area (Å²) in [6.45, 7) is 0.652. The van der Waals surface area contributed by atoms with Crippen LogP contribution >= 0.6 is 0 Å². The summed E-state index contributed by atoms with van der Waals surface area (Å²) in [6.07, 6.45) is 1.03. The maximum atomic E-state index is 12.9. The van der Waals surface area contributed by atoms with Gasteiger partial charge in [0.15, 0.2) is 5.76 Å². The van der Waals surface area contributed by atoms with Crippen molar-refractivity contribution in [3.63, 3.8) is 0 Å². The van der Waals surface area contributed by atoms with Crippen LogP contribution in [0.25, 0.3) is 0 Å². The molecule has 3 rings (SSSR count). The number of carboxylic acids is 1. The Morgan fingerprint density at radius 3 is 2.68 bits per heavy atom. The lowest BCUT2D eigenvalue weighted by Crippen LogP contribution is -2.52. The van der Waals surface area contributed by atoms with Gasteiger partial charge in [-0.2, -0.15) is 0 Å². The fourth-order valence-electron chi connectivity index (χ4n) is 3.35. The number of carbonyl (C=O) groups is 2. The topological polar surface area (TPSA) is 89.2 Å². The zero-order chi connectivity index (χ0) is 20.1. The van der Waals surface area contributed by atoms with Gasteiger partial charge in [0, 0.05) is 20.2 Å². The first-order valence-electron chi connectivity index (χ1n) is 8.92. The predicted molar refractivity (Wildman–Crippen MR) is 96.5 cm³/mol. The van der Waals surface area contributed by atoms with Crippen molar-refractivity contribution in [3.05, 3.63) is 53.7 Å². The Bertz CT molecular complexity index is 829. The minimum atomic E-state index is -1.11. The number of ether oxygens (including phenoxy) is 2. The average molecular weight is 391 g/mol. The molecule has 0 radical (unpaired) electrons. The lowest BCUT2D eigenvalue weighted by Gasteiger charge is -2.39. The Labute approximate surface area is 161 Å². The number of piperidine rings is 1. The number of methoxy groups -OCH3 is 1. The van der Waals surface area contributed by atoms with E-state index in [9.17, 15) is 19.1 Å². The van der Waals surface area contributed by atoms with Gasteiger partial charge in [-0.15, -0.1) is 0 Å². The third-order valence-electron chi connectivity index (χ3n) is 4.81. The molecule has 28 heavy (non-hydrogen) atoms. The van der Waals surface area contributed by atoms with Gasteiger partial charge in [-0.05, 0) is 49.2 Å². The van der Waals surface area contributed by atoms with Crippen LogP contribution in [-0.4, -0.2) is 48.7 Å². The number of carbonyl (C=O) groups excluding carboxylic acids is 1. The standard InChI is InChI=1S/C20H22FNO6/c1-26-13-20(19(24)25)9-2-10-22(12-20)18(23)17-8-7-16(28-17)11-27-15-5-3-14(21)4-6-15/h3-8H,2,9-13H2,1H3,(H,24,25). The second kappa shape index (κ2) is 8.43. The quantitative estimate of drug-likeness (QED) is 0.781. The van der Waals surface area contributed by atoms with Crippen molar-refractivity contribution in [2.75, 3.05) is 26.8 Å². The number of amides is 1. The van der Waals surface area contributed by atoms with Crippen molar-refractivity contribution >= 4 is 11.9 Å². The fraction of sp³-hybridized carbons (Fsp3) is 0.400. The van der Waals surface area contributed by atoms with E-state index < -0.39 is 11.4 Å². The lowest BCUT2D eigenvalue weighted by atomic mass is 9.80. The van der Waals surface area contributed by atoms with Crippen molar-refractivity contribution in [1.82, 2.24) is 4.90 Å². The highest BCUT2D eigenvalue weighted by atomic mass is 19.1. The minimum absolute atomic E-state index is 0.0427. The van der Waals surface area contributed by atoms with E-state index in [1.54, 1.807) is 12.1 Å². The van der Waals surface area contributed by atoms with Crippen molar-refractivity contribution in [2.24, 2.45) is 5.41 Å². The molecule has 7 nitrogen and oxygen atoms in total. The van der Waals surface area contributed by atoms with Crippen LogP contribution < -0.4 is 4.74 Å². The van der Waals surface area contributed by atoms with E-state index in [0.717, 1.165) is 0 Å². The highest BCUT2D eigenvalue weighted by molar-refractivity contribution is 5.92. The summed E-state index contributed by atoms with van der Waals surface area (Å²) in [6, 6.07) is 8.74. The van der Waals surface area contributed by atoms with Crippen LogP contribution in [0.2, 0.25) is 0 Å². The Hall–Kier alpha value is -2.87. The number of rotatable bonds is 7. The summed E-state index contributed by atoms with van der Waals surface area (Å²) >= 11 is 0. The van der Waals surface area contributed by atoms with Crippen LogP contribution in [0, 0.1) is 11.2 Å². The first-order chi connectivity index (χ1) is 13.4. The summed E-state index contributed by atoms with van der Waals surface area (Å²) in [5.74, 6) is -0.658. The maximum absolute atomic E-state index is 12.9. The Kier molecular flexibility index (Phi) is 5.99. The van der Waals surface area contributed by atoms with E-state index >= 15 is 0 Å². The zero-order valence-corrected chi connectivity index (χ0v) is 15.5. The molecule has 1 saturated heterocycles. The minimum Gasteiger partial charge on any atom is -0.486 e. The van der Waals surface area contributed by atoms with Crippen molar-refractivity contribution in [1.29, 1.82) is 0 Å². The van der Waals surface area contributed by atoms with Gasteiger partial charge in [-0.1, -0.05) is 0 Å². The van der Waals surface area contributed by atoms with Crippen molar-refractivity contribution < 1.29 is 33.0 Å². The SMILES string of the molecule is COCC1(C(=O)O)CCCN(C(=O)c2ccc(COc3ccc(F)cc3)o2)C1. The summed E-state index contributed by atoms with van der Waals surface area (Å²) in [5.41, 5.74) is -1.11. The Morgan fingerprint density at radius 2 is 2.00 bits per heavy atom. The zero-order valence-electron chi connectivity index (χ0n) is 15.5. The normalized spacial score (nSPS) is 19.4. The van der Waals surface area contributed by atoms with E-state index in [4.69, 9.17) is 13.9 Å². The van der Waals surface area contributed by atoms with Gasteiger partial charge in [0.25, 0.3) is 5.91 Å². The highest BCUT2D eigenvalue weighted by Crippen LogP contribution is 2.31. The molecule has 8 heteroatoms. The van der Waals surface area contributed by atoms with Crippen LogP contribution in [0.4, 0.5) is 4.39 Å². The number of furan rings is 1. The molecule has 1 N–H and O–H groups in total. The number of benzene rings is 1. The van der Waals surface area contributed by atoms with E-state index in [0.29, 0.717) is 30.9 Å². The lowest BCUT2D eigenvalue weighted by molar-refractivity contribution is -0.155. The molecule has 1 aliphatic heterocycles. The van der Waals surface area contributed by atoms with Crippen LogP contribution in [-0.2, 0) is 16.1 Å². The molecule has 0 spiro atoms. The van der Waals surface area contributed by atoms with Gasteiger partial charge in [-0.25, -0.2) is 4.39 Å². The molecule has 1 aromatic carbocycles. The van der Waals surface area contributed by atoms with Gasteiger partial charge >= 0.3 is 5.97 Å². The first-order valence-corrected chi connectivity index (χ1v) is 8.92. The van der Waals surface area contributed by atoms with E-state index in [-0.39, 0.29) is 37.2 Å². The molecule has 1 aromatic heterocycles. The molecule has 2 heterocycles. The second-order valence-electron chi connectivity index (χ2n) is 6.86. The summed E-state index contributed by atoms with van der Waals surface area (Å²) in [4.78, 5) is 26.0. The smallest absolute Gasteiger partial charge is 0.313 e. The monoisotopic (exact) mass is 391 g/mol. The second-order valence-corrected chi connectivity index (χ2v) is 6.86. The molecule has 1 aliphatic rings. The van der Waals surface area contributed by atoms with Crippen LogP contribution in [0.15, 0.2) is 40.8 Å². The third-order valence-corrected chi connectivity index (χ3v) is 4.81. The van der Waals surface area contributed by atoms with Gasteiger partial charge in [0.1, 0.15) is 29.3 Å². The molecule has 0 bridgehead atoms. The molecule has 1 atom stereocenters. The van der Waals surface area contributed by atoms with Gasteiger partial charge in [0.2, 0.25) is 0 Å². The number of hydrogen-bond acceptors (Lipinski definition) is 5. The number of carboxylic acid groups (broad SMARTS) is 1. The number of nitrogens with zero attached hydrogens (tertiary/aromatic N) is 1. The van der Waals surface area contributed by atoms with Gasteiger partial charge in [0.05, 0.1) is 6.61 Å². The Balaban J connectivity index is 1.64. The summed E-state index contributed by atoms with van der Waals surface area (Å²) in [5, 5.41) is 9.61. The molecule has 1 amide bonds. The molecule has 0 aliphatic carbocycles. The number of aliphatic carboxylic acids is 1. The van der Waals surface area contributed by atoms with E-state index in [1.807, 2.05) is 0 Å². The van der Waals surface area contributed by atoms with Crippen molar-refractivity contribution in [3.8, 4) is 5.75 Å². The predicted octanol–water partition coefficient (Wildman–Crippen LogP) is 2.95. The van der Waals surface area contributed by atoms with Crippen molar-refractivity contribution in [2.45, 2.75) is 19.4 Å². The summed E-state index contributed by atoms with van der Waals surface area (Å²) in [7, 11) is 1.45. The molecule has 150 valence electrons. The van der Waals surface area contributed by atoms with Gasteiger partial charge < -0.3 is 23.9 Å². The molecular formula is C20H22FNO6. The third kappa shape index (κ3) is 4.33. The highest BCUT2D eigenvalue weighted by Gasteiger charge is 2.44.